The molecule has 1 aliphatic rings. The summed E-state index contributed by atoms with van der Waals surface area (Å²) in [7, 11) is 0. The highest BCUT2D eigenvalue weighted by Crippen LogP contribution is 2.28. The van der Waals surface area contributed by atoms with E-state index in [4.69, 9.17) is 4.74 Å². The first-order valence-corrected chi connectivity index (χ1v) is 4.95. The van der Waals surface area contributed by atoms with Crippen LogP contribution in [0, 0.1) is 0 Å². The van der Waals surface area contributed by atoms with Gasteiger partial charge in [-0.3, -0.25) is 4.98 Å². The number of rotatable bonds is 2. The summed E-state index contributed by atoms with van der Waals surface area (Å²) in [5.41, 5.74) is 0.196. The summed E-state index contributed by atoms with van der Waals surface area (Å²) in [5.74, 6) is 0. The first-order chi connectivity index (χ1) is 6.71. The molecule has 0 bridgehead atoms. The number of aliphatic hydroxyl groups is 1. The van der Waals surface area contributed by atoms with Crippen LogP contribution in [-0.4, -0.2) is 28.4 Å². The maximum atomic E-state index is 10.2. The Morgan fingerprint density at radius 1 is 1.64 bits per heavy atom. The number of hydrogen-bond donors (Lipinski definition) is 1. The quantitative estimate of drug-likeness (QED) is 0.766. The van der Waals surface area contributed by atoms with Crippen LogP contribution in [0.3, 0.4) is 0 Å². The third kappa shape index (κ3) is 1.79. The molecule has 2 rings (SSSR count). The fraction of sp³-hybridized carbons (Fsp3) is 0.545. The molecular formula is C11H15NO2. The van der Waals surface area contributed by atoms with Gasteiger partial charge in [-0.15, -0.1) is 0 Å². The first kappa shape index (κ1) is 9.62. The average molecular weight is 193 g/mol. The fourth-order valence-corrected chi connectivity index (χ4v) is 1.82. The van der Waals surface area contributed by atoms with Crippen molar-refractivity contribution in [2.45, 2.75) is 31.5 Å². The Kier molecular flexibility index (Phi) is 2.52. The molecule has 1 N–H and O–H groups in total. The molecule has 1 fully saturated rings. The van der Waals surface area contributed by atoms with Crippen LogP contribution in [0.4, 0.5) is 0 Å². The summed E-state index contributed by atoms with van der Waals surface area (Å²) in [6.45, 7) is 2.56. The van der Waals surface area contributed by atoms with Gasteiger partial charge in [-0.25, -0.2) is 0 Å². The zero-order valence-corrected chi connectivity index (χ0v) is 8.31. The van der Waals surface area contributed by atoms with Gasteiger partial charge < -0.3 is 9.84 Å². The lowest BCUT2D eigenvalue weighted by Gasteiger charge is -2.25. The van der Waals surface area contributed by atoms with Gasteiger partial charge in [0, 0.05) is 31.3 Å². The Balaban J connectivity index is 2.10. The third-order valence-electron chi connectivity index (χ3n) is 2.87. The first-order valence-electron chi connectivity index (χ1n) is 4.95. The van der Waals surface area contributed by atoms with Gasteiger partial charge in [0.05, 0.1) is 11.7 Å². The second kappa shape index (κ2) is 3.67. The lowest BCUT2D eigenvalue weighted by molar-refractivity contribution is -0.0274. The number of pyridine rings is 1. The van der Waals surface area contributed by atoms with E-state index in [0.717, 1.165) is 5.69 Å². The predicted molar refractivity (Wildman–Crippen MR) is 52.9 cm³/mol. The number of hydrogen-bond acceptors (Lipinski definition) is 3. The van der Waals surface area contributed by atoms with Crippen LogP contribution in [0.25, 0.3) is 0 Å². The van der Waals surface area contributed by atoms with E-state index in [1.807, 2.05) is 25.1 Å². The second-order valence-electron chi connectivity index (χ2n) is 3.86. The minimum Gasteiger partial charge on any atom is -0.387 e. The van der Waals surface area contributed by atoms with Crippen molar-refractivity contribution in [2.75, 3.05) is 6.61 Å². The predicted octanol–water partition coefficient (Wildman–Crippen LogP) is 1.16. The summed E-state index contributed by atoms with van der Waals surface area (Å²) in [4.78, 5) is 4.21. The van der Waals surface area contributed by atoms with E-state index in [-0.39, 0.29) is 6.10 Å². The topological polar surface area (TPSA) is 42.4 Å². The standard InChI is InChI=1S/C11H15NO2/c1-9-11(13,5-7-14-9)8-10-4-2-3-6-12-10/h2-4,6,9,13H,5,7-8H2,1H3. The van der Waals surface area contributed by atoms with Crippen LogP contribution in [-0.2, 0) is 11.2 Å². The molecule has 2 unspecified atom stereocenters. The molecule has 14 heavy (non-hydrogen) atoms. The van der Waals surface area contributed by atoms with Gasteiger partial charge >= 0.3 is 0 Å². The molecule has 3 heteroatoms. The van der Waals surface area contributed by atoms with Crippen LogP contribution in [0.5, 0.6) is 0 Å². The summed E-state index contributed by atoms with van der Waals surface area (Å²) in [6.07, 6.45) is 2.93. The normalized spacial score (nSPS) is 32.0. The molecule has 0 saturated carbocycles. The van der Waals surface area contributed by atoms with Crippen LogP contribution in [0.2, 0.25) is 0 Å². The Hall–Kier alpha value is -0.930. The fourth-order valence-electron chi connectivity index (χ4n) is 1.82. The molecule has 0 aromatic carbocycles. The van der Waals surface area contributed by atoms with Crippen molar-refractivity contribution < 1.29 is 9.84 Å². The molecule has 0 aliphatic carbocycles. The van der Waals surface area contributed by atoms with E-state index in [0.29, 0.717) is 19.4 Å². The van der Waals surface area contributed by atoms with Gasteiger partial charge in [-0.1, -0.05) is 6.07 Å². The minimum atomic E-state index is -0.728. The van der Waals surface area contributed by atoms with Crippen molar-refractivity contribution in [1.29, 1.82) is 0 Å². The molecule has 1 saturated heterocycles. The largest absolute Gasteiger partial charge is 0.387 e. The van der Waals surface area contributed by atoms with Gasteiger partial charge in [0.15, 0.2) is 0 Å². The number of ether oxygens (including phenoxy) is 1. The molecule has 3 nitrogen and oxygen atoms in total. The van der Waals surface area contributed by atoms with E-state index < -0.39 is 5.60 Å². The van der Waals surface area contributed by atoms with Crippen LogP contribution < -0.4 is 0 Å². The highest BCUT2D eigenvalue weighted by Gasteiger charge is 2.39. The summed E-state index contributed by atoms with van der Waals surface area (Å²) >= 11 is 0. The molecule has 0 spiro atoms. The Bertz CT molecular complexity index is 301. The zero-order valence-electron chi connectivity index (χ0n) is 8.31. The number of nitrogens with zero attached hydrogens (tertiary/aromatic N) is 1. The van der Waals surface area contributed by atoms with E-state index in [1.165, 1.54) is 0 Å². The average Bonchev–Trinajstić information content (AvgIpc) is 2.48. The SMILES string of the molecule is CC1OCCC1(O)Cc1ccccn1. The Morgan fingerprint density at radius 2 is 2.50 bits per heavy atom. The minimum absolute atomic E-state index is 0.0930. The van der Waals surface area contributed by atoms with E-state index in [1.54, 1.807) is 6.20 Å². The van der Waals surface area contributed by atoms with E-state index in [9.17, 15) is 5.11 Å². The van der Waals surface area contributed by atoms with Crippen molar-refractivity contribution in [1.82, 2.24) is 4.98 Å². The summed E-state index contributed by atoms with van der Waals surface area (Å²) < 4.78 is 5.36. The lowest BCUT2D eigenvalue weighted by Crippen LogP contribution is -2.38. The summed E-state index contributed by atoms with van der Waals surface area (Å²) in [5, 5.41) is 10.2. The van der Waals surface area contributed by atoms with E-state index in [2.05, 4.69) is 4.98 Å². The third-order valence-corrected chi connectivity index (χ3v) is 2.87. The maximum absolute atomic E-state index is 10.2. The smallest absolute Gasteiger partial charge is 0.0982 e. The maximum Gasteiger partial charge on any atom is 0.0982 e. The molecule has 1 aromatic heterocycles. The highest BCUT2D eigenvalue weighted by molar-refractivity contribution is 5.09. The van der Waals surface area contributed by atoms with Crippen molar-refractivity contribution in [2.24, 2.45) is 0 Å². The molecular weight excluding hydrogens is 178 g/mol. The molecule has 0 radical (unpaired) electrons. The van der Waals surface area contributed by atoms with Gasteiger partial charge in [0.2, 0.25) is 0 Å². The van der Waals surface area contributed by atoms with Crippen LogP contribution in [0.15, 0.2) is 24.4 Å². The van der Waals surface area contributed by atoms with Crippen molar-refractivity contribution in [3.63, 3.8) is 0 Å². The van der Waals surface area contributed by atoms with Gasteiger partial charge in [-0.2, -0.15) is 0 Å². The lowest BCUT2D eigenvalue weighted by atomic mass is 9.91. The second-order valence-corrected chi connectivity index (χ2v) is 3.86. The molecule has 76 valence electrons. The van der Waals surface area contributed by atoms with Crippen LogP contribution in [0.1, 0.15) is 19.0 Å². The molecule has 2 heterocycles. The van der Waals surface area contributed by atoms with Crippen molar-refractivity contribution in [3.8, 4) is 0 Å². The van der Waals surface area contributed by atoms with Gasteiger partial charge in [-0.05, 0) is 19.1 Å². The monoisotopic (exact) mass is 193 g/mol. The molecule has 1 aromatic rings. The molecule has 1 aliphatic heterocycles. The Morgan fingerprint density at radius 3 is 3.07 bits per heavy atom. The summed E-state index contributed by atoms with van der Waals surface area (Å²) in [6, 6.07) is 5.75. The zero-order chi connectivity index (χ0) is 10.0. The van der Waals surface area contributed by atoms with E-state index >= 15 is 0 Å². The Labute approximate surface area is 83.7 Å². The van der Waals surface area contributed by atoms with Gasteiger partial charge in [0.25, 0.3) is 0 Å². The van der Waals surface area contributed by atoms with Crippen molar-refractivity contribution >= 4 is 0 Å². The van der Waals surface area contributed by atoms with Crippen LogP contribution >= 0.6 is 0 Å². The molecule has 2 atom stereocenters. The van der Waals surface area contributed by atoms with Gasteiger partial charge in [0.1, 0.15) is 0 Å². The molecule has 0 amide bonds. The van der Waals surface area contributed by atoms with Crippen molar-refractivity contribution in [3.05, 3.63) is 30.1 Å². The highest BCUT2D eigenvalue weighted by atomic mass is 16.5. The number of aromatic nitrogens is 1.